The van der Waals surface area contributed by atoms with Crippen molar-refractivity contribution in [2.75, 3.05) is 65.2 Å². The SMILES string of the molecule is C=S=C(NCCCCCNc1cccc2c1C(=O)CCC(C1CCC(=O)NC1=O)C2=O)C12CC(CN(C)Cc3c(OC)cc(-c4cn(C)c(=O)c5cnc(N(C)C)cc45)cc3OC)(C1)C2. The molecule has 344 valence electrons. The molecule has 1 saturated heterocycles. The number of carbonyl (C=O) groups excluding carboxylic acids is 4. The molecule has 2 aromatic carbocycles. The van der Waals surface area contributed by atoms with Crippen molar-refractivity contribution >= 4 is 67.5 Å². The van der Waals surface area contributed by atoms with Gasteiger partial charge in [-0.3, -0.25) is 34.6 Å². The largest absolute Gasteiger partial charge is 0.496 e. The summed E-state index contributed by atoms with van der Waals surface area (Å²) in [4.78, 5) is 74.5. The number of aryl methyl sites for hydroxylation is 1. The topological polar surface area (TPSA) is 164 Å². The van der Waals surface area contributed by atoms with Gasteiger partial charge in [0.2, 0.25) is 11.8 Å². The maximum atomic E-state index is 13.7. The third-order valence-electron chi connectivity index (χ3n) is 14.1. The lowest BCUT2D eigenvalue weighted by Gasteiger charge is -2.72. The van der Waals surface area contributed by atoms with E-state index in [1.807, 2.05) is 49.5 Å². The first kappa shape index (κ1) is 45.9. The molecule has 4 aromatic rings. The van der Waals surface area contributed by atoms with Crippen LogP contribution >= 0.6 is 10.9 Å². The van der Waals surface area contributed by atoms with Gasteiger partial charge in [-0.2, -0.15) is 0 Å². The van der Waals surface area contributed by atoms with E-state index < -0.39 is 17.7 Å². The number of Topliss-reactive ketones (excluding diaryl/α,β-unsaturated/α-hetero) is 2. The lowest BCUT2D eigenvalue weighted by Crippen LogP contribution is -2.70. The first-order valence-corrected chi connectivity index (χ1v) is 23.6. The molecule has 4 fully saturated rings. The van der Waals surface area contributed by atoms with E-state index in [0.717, 1.165) is 91.0 Å². The van der Waals surface area contributed by atoms with Gasteiger partial charge in [-0.25, -0.2) is 4.98 Å². The van der Waals surface area contributed by atoms with Gasteiger partial charge in [0.1, 0.15) is 17.3 Å². The molecule has 0 spiro atoms. The van der Waals surface area contributed by atoms with Gasteiger partial charge < -0.3 is 29.2 Å². The molecule has 3 saturated carbocycles. The standard InChI is InChI=1S/C50H61N7O7S/c1-55(2)42-22-34-35(23-53-42)47(62)57(4)25-36(34)30-20-40(63-5)37(41(21-30)64-6)24-56(3)29-49-26-50(27-49,28-49)48(65-7)52-19-10-8-9-18-51-38-13-11-12-33-44(38)39(58)16-14-31(45(33)60)32-15-17-43(59)54-46(32)61/h11-13,20-23,25,31-32,51-52H,7-10,14-19,24,26-29H2,1-6H3,(H,54,59,61). The predicted octanol–water partition coefficient (Wildman–Crippen LogP) is 6.28. The monoisotopic (exact) mass is 903 g/mol. The molecule has 5 aliphatic rings. The molecular formula is C50H61N7O7S. The highest BCUT2D eigenvalue weighted by Gasteiger charge is 2.69. The number of anilines is 2. The number of ketones is 2. The summed E-state index contributed by atoms with van der Waals surface area (Å²) in [7, 11) is 12.7. The maximum Gasteiger partial charge on any atom is 0.259 e. The average molecular weight is 904 g/mol. The zero-order valence-corrected chi connectivity index (χ0v) is 39.3. The zero-order chi connectivity index (χ0) is 46.2. The molecule has 2 aromatic heterocycles. The Morgan fingerprint density at radius 1 is 0.923 bits per heavy atom. The van der Waals surface area contributed by atoms with Crippen molar-refractivity contribution in [1.82, 2.24) is 25.1 Å². The van der Waals surface area contributed by atoms with E-state index in [0.29, 0.717) is 48.1 Å². The number of pyridine rings is 2. The third kappa shape index (κ3) is 8.90. The summed E-state index contributed by atoms with van der Waals surface area (Å²) >= 11 is 0. The molecule has 65 heavy (non-hydrogen) atoms. The summed E-state index contributed by atoms with van der Waals surface area (Å²) in [6.45, 7) is 3.14. The molecule has 2 bridgehead atoms. The fourth-order valence-electron chi connectivity index (χ4n) is 11.1. The number of nitrogens with one attached hydrogen (secondary N) is 3. The molecule has 2 atom stereocenters. The maximum absolute atomic E-state index is 13.7. The summed E-state index contributed by atoms with van der Waals surface area (Å²) in [6.07, 6.45) is 10.8. The molecule has 3 heterocycles. The number of hydrogen-bond acceptors (Lipinski definition) is 11. The molecule has 2 amide bonds. The van der Waals surface area contributed by atoms with E-state index >= 15 is 0 Å². The number of benzene rings is 2. The summed E-state index contributed by atoms with van der Waals surface area (Å²) in [5.74, 6) is 4.21. The van der Waals surface area contributed by atoms with Crippen LogP contribution in [0.15, 0.2) is 53.6 Å². The van der Waals surface area contributed by atoms with Gasteiger partial charge in [-0.15, -0.1) is 10.9 Å². The number of aromatic nitrogens is 2. The first-order valence-electron chi connectivity index (χ1n) is 22.6. The second-order valence-electron chi connectivity index (χ2n) is 18.9. The van der Waals surface area contributed by atoms with Gasteiger partial charge in [-0.05, 0) is 93.1 Å². The van der Waals surface area contributed by atoms with Crippen molar-refractivity contribution in [2.24, 2.45) is 29.7 Å². The highest BCUT2D eigenvalue weighted by molar-refractivity contribution is 7.96. The van der Waals surface area contributed by atoms with Crippen LogP contribution in [-0.2, 0) is 23.2 Å². The Hall–Kier alpha value is -5.64. The van der Waals surface area contributed by atoms with Gasteiger partial charge in [0.25, 0.3) is 5.56 Å². The fourth-order valence-corrected chi connectivity index (χ4v) is 11.8. The van der Waals surface area contributed by atoms with Crippen LogP contribution in [0.2, 0.25) is 0 Å². The summed E-state index contributed by atoms with van der Waals surface area (Å²) < 4.78 is 13.6. The smallest absolute Gasteiger partial charge is 0.259 e. The number of piperidine rings is 1. The van der Waals surface area contributed by atoms with Crippen LogP contribution < -0.4 is 35.9 Å². The van der Waals surface area contributed by atoms with Crippen molar-refractivity contribution < 1.29 is 28.7 Å². The van der Waals surface area contributed by atoms with Crippen LogP contribution in [0.4, 0.5) is 11.5 Å². The second-order valence-corrected chi connectivity index (χ2v) is 19.6. The normalized spacial score (nSPS) is 22.4. The molecule has 15 heteroatoms. The molecule has 14 nitrogen and oxygen atoms in total. The number of amides is 2. The number of methoxy groups -OCH3 is 2. The Morgan fingerprint density at radius 3 is 2.31 bits per heavy atom. The van der Waals surface area contributed by atoms with Crippen molar-refractivity contribution in [2.45, 2.75) is 70.8 Å². The molecule has 0 radical (unpaired) electrons. The summed E-state index contributed by atoms with van der Waals surface area (Å²) in [5.41, 5.74) is 4.55. The number of imide groups is 1. The van der Waals surface area contributed by atoms with Crippen molar-refractivity contribution in [3.05, 3.63) is 75.8 Å². The van der Waals surface area contributed by atoms with Gasteiger partial charge in [0.15, 0.2) is 11.6 Å². The van der Waals surface area contributed by atoms with E-state index in [-0.39, 0.29) is 46.7 Å². The Morgan fingerprint density at radius 2 is 1.63 bits per heavy atom. The minimum absolute atomic E-state index is 0.0940. The van der Waals surface area contributed by atoms with Crippen LogP contribution in [-0.4, -0.2) is 104 Å². The van der Waals surface area contributed by atoms with Crippen LogP contribution in [0.5, 0.6) is 11.5 Å². The minimum atomic E-state index is -0.616. The van der Waals surface area contributed by atoms with Crippen molar-refractivity contribution in [3.8, 4) is 22.6 Å². The van der Waals surface area contributed by atoms with Crippen LogP contribution in [0.3, 0.4) is 0 Å². The third-order valence-corrected chi connectivity index (χ3v) is 14.9. The number of unbranched alkanes of at least 4 members (excludes halogenated alkanes) is 2. The van der Waals surface area contributed by atoms with Gasteiger partial charge >= 0.3 is 0 Å². The number of ether oxygens (including phenoxy) is 2. The number of fused-ring (bicyclic) bond motifs is 2. The van der Waals surface area contributed by atoms with Gasteiger partial charge in [0, 0.05) is 112 Å². The number of rotatable bonds is 17. The fraction of sp³-hybridized carbons (Fsp3) is 0.480. The highest BCUT2D eigenvalue weighted by atomic mass is 32.1. The summed E-state index contributed by atoms with van der Waals surface area (Å²) in [5, 5.41) is 10.9. The van der Waals surface area contributed by atoms with Crippen LogP contribution in [0.25, 0.3) is 21.9 Å². The quantitative estimate of drug-likeness (QED) is 0.0471. The van der Waals surface area contributed by atoms with Crippen molar-refractivity contribution in [3.63, 3.8) is 0 Å². The predicted molar refractivity (Wildman–Crippen MR) is 259 cm³/mol. The number of hydrogen-bond donors (Lipinski definition) is 3. The molecular weight excluding hydrogens is 843 g/mol. The molecule has 4 aliphatic carbocycles. The lowest BCUT2D eigenvalue weighted by molar-refractivity contribution is -0.165. The van der Waals surface area contributed by atoms with Gasteiger partial charge in [0.05, 0.1) is 35.7 Å². The Balaban J connectivity index is 0.816. The summed E-state index contributed by atoms with van der Waals surface area (Å²) in [6, 6.07) is 11.4. The first-order chi connectivity index (χ1) is 31.2. The van der Waals surface area contributed by atoms with E-state index in [9.17, 15) is 24.0 Å². The minimum Gasteiger partial charge on any atom is -0.496 e. The van der Waals surface area contributed by atoms with Crippen molar-refractivity contribution in [1.29, 1.82) is 0 Å². The molecule has 9 rings (SSSR count). The van der Waals surface area contributed by atoms with Crippen LogP contribution in [0, 0.1) is 22.7 Å². The van der Waals surface area contributed by atoms with E-state index in [4.69, 9.17) is 9.47 Å². The lowest BCUT2D eigenvalue weighted by atomic mass is 9.35. The second kappa shape index (κ2) is 18.7. The zero-order valence-electron chi connectivity index (χ0n) is 38.4. The Bertz CT molecular complexity index is 2640. The average Bonchev–Trinajstić information content (AvgIpc) is 3.39. The number of carbonyl (C=O) groups is 4. The highest BCUT2D eigenvalue weighted by Crippen LogP contribution is 2.74. The Labute approximate surface area is 384 Å². The van der Waals surface area contributed by atoms with E-state index in [1.54, 1.807) is 55.1 Å². The van der Waals surface area contributed by atoms with E-state index in [1.165, 1.54) is 4.99 Å². The molecule has 2 unspecified atom stereocenters. The molecule has 1 aliphatic heterocycles. The van der Waals surface area contributed by atoms with Gasteiger partial charge in [-0.1, -0.05) is 18.6 Å². The van der Waals surface area contributed by atoms with Crippen LogP contribution in [0.1, 0.15) is 90.5 Å². The molecule has 3 N–H and O–H groups in total. The number of nitrogens with zero attached hydrogens (tertiary/aromatic N) is 4. The van der Waals surface area contributed by atoms with E-state index in [2.05, 4.69) is 38.8 Å². The Kier molecular flexibility index (Phi) is 13.2.